The summed E-state index contributed by atoms with van der Waals surface area (Å²) in [5.74, 6) is 0.157. The number of hydrogen-bond donors (Lipinski definition) is 1. The van der Waals surface area contributed by atoms with E-state index in [0.29, 0.717) is 22.4 Å². The molecule has 0 bridgehead atoms. The van der Waals surface area contributed by atoms with E-state index in [1.165, 1.54) is 23.1 Å². The van der Waals surface area contributed by atoms with Gasteiger partial charge in [-0.1, -0.05) is 23.1 Å². The van der Waals surface area contributed by atoms with Gasteiger partial charge in [0.25, 0.3) is 0 Å². The molecule has 0 radical (unpaired) electrons. The van der Waals surface area contributed by atoms with Crippen molar-refractivity contribution in [3.8, 4) is 0 Å². The van der Waals surface area contributed by atoms with Crippen LogP contribution >= 0.6 is 23.1 Å². The highest BCUT2D eigenvalue weighted by Crippen LogP contribution is 2.29. The minimum Gasteiger partial charge on any atom is -0.374 e. The number of nitrogen functional groups attached to an aromatic ring is 1. The Bertz CT molecular complexity index is 616. The van der Waals surface area contributed by atoms with Gasteiger partial charge >= 0.3 is 0 Å². The van der Waals surface area contributed by atoms with Gasteiger partial charge in [0.2, 0.25) is 11.0 Å². The molecule has 2 N–H and O–H groups in total. The highest BCUT2D eigenvalue weighted by Gasteiger charge is 2.35. The quantitative estimate of drug-likeness (QED) is 0.776. The number of nitrogens with two attached hydrogens (primary N) is 1. The van der Waals surface area contributed by atoms with E-state index in [2.05, 4.69) is 10.2 Å². The average Bonchev–Trinajstić information content (AvgIpc) is 2.96. The molecule has 1 aromatic heterocycles. The average molecular weight is 350 g/mol. The highest BCUT2D eigenvalue weighted by atomic mass is 32.2. The third kappa shape index (κ3) is 4.07. The zero-order chi connectivity index (χ0) is 15.6. The van der Waals surface area contributed by atoms with E-state index < -0.39 is 9.84 Å². The molecular formula is C11H18N4O3S3. The fraction of sp³-hybridized carbons (Fsp3) is 0.727. The lowest BCUT2D eigenvalue weighted by Crippen LogP contribution is -2.44. The van der Waals surface area contributed by atoms with Gasteiger partial charge < -0.3 is 10.6 Å². The monoisotopic (exact) mass is 350 g/mol. The number of carbonyl (C=O) groups is 1. The predicted molar refractivity (Wildman–Crippen MR) is 84.1 cm³/mol. The standard InChI is InChI=1S/C11H18N4O3S3/c1-3-15(8-4-5-21(17,18)6-8)9(16)7(2)19-11-14-13-10(12)20-11/h7-8H,3-6H2,1-2H3,(H2,12,13)/t7-,8+/m1/s1. The van der Waals surface area contributed by atoms with E-state index >= 15 is 0 Å². The van der Waals surface area contributed by atoms with Gasteiger partial charge in [0.15, 0.2) is 14.2 Å². The number of anilines is 1. The Kier molecular flexibility index (Phi) is 5.10. The summed E-state index contributed by atoms with van der Waals surface area (Å²) in [6, 6.07) is -0.213. The number of hydrogen-bond acceptors (Lipinski definition) is 8. The maximum Gasteiger partial charge on any atom is 0.236 e. The van der Waals surface area contributed by atoms with Crippen LogP contribution in [0.1, 0.15) is 20.3 Å². The fourth-order valence-corrected chi connectivity index (χ4v) is 5.90. The number of rotatable bonds is 5. The first-order valence-electron chi connectivity index (χ1n) is 6.59. The number of thioether (sulfide) groups is 1. The van der Waals surface area contributed by atoms with Crippen LogP contribution in [0.5, 0.6) is 0 Å². The molecule has 0 aromatic carbocycles. The number of carbonyl (C=O) groups excluding carboxylic acids is 1. The molecule has 0 saturated carbocycles. The zero-order valence-electron chi connectivity index (χ0n) is 11.9. The molecule has 0 unspecified atom stereocenters. The molecular weight excluding hydrogens is 332 g/mol. The molecule has 1 aromatic rings. The van der Waals surface area contributed by atoms with Gasteiger partial charge in [0.1, 0.15) is 0 Å². The summed E-state index contributed by atoms with van der Waals surface area (Å²) in [6.07, 6.45) is 0.519. The van der Waals surface area contributed by atoms with Crippen molar-refractivity contribution >= 4 is 44.0 Å². The first kappa shape index (κ1) is 16.5. The minimum atomic E-state index is -3.00. The molecule has 2 heterocycles. The molecule has 21 heavy (non-hydrogen) atoms. The Balaban J connectivity index is 2.02. The summed E-state index contributed by atoms with van der Waals surface area (Å²) in [5.41, 5.74) is 5.52. The summed E-state index contributed by atoms with van der Waals surface area (Å²) >= 11 is 2.54. The smallest absolute Gasteiger partial charge is 0.236 e. The van der Waals surface area contributed by atoms with E-state index in [1.807, 2.05) is 6.92 Å². The van der Waals surface area contributed by atoms with Gasteiger partial charge in [0.05, 0.1) is 16.8 Å². The lowest BCUT2D eigenvalue weighted by atomic mass is 10.2. The lowest BCUT2D eigenvalue weighted by molar-refractivity contribution is -0.131. The molecule has 1 aliphatic rings. The molecule has 1 amide bonds. The van der Waals surface area contributed by atoms with Gasteiger partial charge in [-0.2, -0.15) is 0 Å². The SMILES string of the molecule is CCN(C(=O)[C@@H](C)Sc1nnc(N)s1)[C@H]1CCS(=O)(=O)C1. The summed E-state index contributed by atoms with van der Waals surface area (Å²) in [5, 5.41) is 7.62. The zero-order valence-corrected chi connectivity index (χ0v) is 14.3. The van der Waals surface area contributed by atoms with E-state index in [1.54, 1.807) is 11.8 Å². The Morgan fingerprint density at radius 3 is 2.76 bits per heavy atom. The first-order chi connectivity index (χ1) is 9.82. The fourth-order valence-electron chi connectivity index (χ4n) is 2.32. The van der Waals surface area contributed by atoms with Crippen molar-refractivity contribution in [3.63, 3.8) is 0 Å². The van der Waals surface area contributed by atoms with Crippen molar-refractivity contribution in [2.45, 2.75) is 35.9 Å². The Morgan fingerprint density at radius 2 is 2.29 bits per heavy atom. The summed E-state index contributed by atoms with van der Waals surface area (Å²) in [6.45, 7) is 4.15. The van der Waals surface area contributed by atoms with Gasteiger partial charge in [-0.05, 0) is 20.3 Å². The van der Waals surface area contributed by atoms with Crippen molar-refractivity contribution < 1.29 is 13.2 Å². The Morgan fingerprint density at radius 1 is 1.57 bits per heavy atom. The third-order valence-electron chi connectivity index (χ3n) is 3.32. The molecule has 1 saturated heterocycles. The van der Waals surface area contributed by atoms with Crippen molar-refractivity contribution in [1.29, 1.82) is 0 Å². The molecule has 0 spiro atoms. The maximum absolute atomic E-state index is 12.5. The summed E-state index contributed by atoms with van der Waals surface area (Å²) < 4.78 is 23.8. The van der Waals surface area contributed by atoms with E-state index in [0.717, 1.165) is 0 Å². The first-order valence-corrected chi connectivity index (χ1v) is 10.1. The number of amides is 1. The van der Waals surface area contributed by atoms with Crippen LogP contribution in [0.2, 0.25) is 0 Å². The van der Waals surface area contributed by atoms with Crippen molar-refractivity contribution in [1.82, 2.24) is 15.1 Å². The van der Waals surface area contributed by atoms with Gasteiger partial charge in [-0.25, -0.2) is 8.42 Å². The molecule has 2 rings (SSSR count). The third-order valence-corrected chi connectivity index (χ3v) is 6.99. The van der Waals surface area contributed by atoms with E-state index in [9.17, 15) is 13.2 Å². The van der Waals surface area contributed by atoms with Crippen LogP contribution in [0, 0.1) is 0 Å². The van der Waals surface area contributed by atoms with Crippen LogP contribution < -0.4 is 5.73 Å². The second-order valence-corrected chi connectivity index (χ2v) is 9.67. The Hall–Kier alpha value is -0.870. The number of aromatic nitrogens is 2. The molecule has 1 fully saturated rings. The van der Waals surface area contributed by atoms with Crippen LogP contribution in [0.25, 0.3) is 0 Å². The second-order valence-electron chi connectivity index (χ2n) is 4.85. The van der Waals surface area contributed by atoms with Gasteiger partial charge in [-0.3, -0.25) is 4.79 Å². The lowest BCUT2D eigenvalue weighted by Gasteiger charge is -2.29. The molecule has 10 heteroatoms. The van der Waals surface area contributed by atoms with Gasteiger partial charge in [0, 0.05) is 12.6 Å². The van der Waals surface area contributed by atoms with Crippen LogP contribution in [0.3, 0.4) is 0 Å². The van der Waals surface area contributed by atoms with E-state index in [-0.39, 0.29) is 28.7 Å². The normalized spacial score (nSPS) is 22.1. The molecule has 7 nitrogen and oxygen atoms in total. The van der Waals surface area contributed by atoms with Crippen LogP contribution in [-0.2, 0) is 14.6 Å². The van der Waals surface area contributed by atoms with Crippen LogP contribution in [0.15, 0.2) is 4.34 Å². The van der Waals surface area contributed by atoms with Crippen molar-refractivity contribution in [2.75, 3.05) is 23.8 Å². The maximum atomic E-state index is 12.5. The van der Waals surface area contributed by atoms with Crippen LogP contribution in [-0.4, -0.2) is 58.8 Å². The Labute approximate surface area is 132 Å². The summed E-state index contributed by atoms with van der Waals surface area (Å²) in [7, 11) is -3.00. The molecule has 0 aliphatic carbocycles. The van der Waals surface area contributed by atoms with E-state index in [4.69, 9.17) is 5.73 Å². The predicted octanol–water partition coefficient (Wildman–Crippen LogP) is 0.636. The molecule has 118 valence electrons. The topological polar surface area (TPSA) is 106 Å². The minimum absolute atomic E-state index is 0.0652. The number of nitrogens with zero attached hydrogens (tertiary/aromatic N) is 3. The molecule has 2 atom stereocenters. The number of sulfone groups is 1. The van der Waals surface area contributed by atoms with Gasteiger partial charge in [-0.15, -0.1) is 10.2 Å². The van der Waals surface area contributed by atoms with Crippen LogP contribution in [0.4, 0.5) is 5.13 Å². The van der Waals surface area contributed by atoms with Crippen molar-refractivity contribution in [3.05, 3.63) is 0 Å². The summed E-state index contributed by atoms with van der Waals surface area (Å²) in [4.78, 5) is 14.2. The highest BCUT2D eigenvalue weighted by molar-refractivity contribution is 8.02. The molecule has 1 aliphatic heterocycles. The largest absolute Gasteiger partial charge is 0.374 e. The van der Waals surface area contributed by atoms with Crippen molar-refractivity contribution in [2.24, 2.45) is 0 Å². The second kappa shape index (κ2) is 6.49.